The number of rotatable bonds is 1. The molecule has 2 heteroatoms. The Morgan fingerprint density at radius 2 is 2.10 bits per heavy atom. The van der Waals surface area contributed by atoms with Crippen LogP contribution in [-0.2, 0) is 0 Å². The van der Waals surface area contributed by atoms with Crippen molar-refractivity contribution in [2.45, 2.75) is 38.9 Å². The van der Waals surface area contributed by atoms with E-state index in [4.69, 9.17) is 0 Å². The number of halogens is 1. The number of hydrogen-bond acceptors (Lipinski definition) is 1. The predicted octanol–water partition coefficient (Wildman–Crippen LogP) is 1.73. The molecule has 0 aromatic carbocycles. The molecular weight excluding hydrogens is 129 g/mol. The first-order chi connectivity index (χ1) is 4.70. The highest BCUT2D eigenvalue weighted by Gasteiger charge is 2.21. The summed E-state index contributed by atoms with van der Waals surface area (Å²) >= 11 is 0. The molecule has 0 radical (unpaired) electrons. The van der Waals surface area contributed by atoms with E-state index >= 15 is 0 Å². The minimum atomic E-state index is -0.602. The van der Waals surface area contributed by atoms with Gasteiger partial charge in [0.2, 0.25) is 0 Å². The molecule has 0 saturated carbocycles. The smallest absolute Gasteiger partial charge is 0.113 e. The Hall–Kier alpha value is -0.110. The van der Waals surface area contributed by atoms with Crippen LogP contribution in [0.25, 0.3) is 0 Å². The Balaban J connectivity index is 2.26. The number of alkyl halides is 1. The second-order valence-corrected chi connectivity index (χ2v) is 3.43. The summed E-state index contributed by atoms with van der Waals surface area (Å²) in [6, 6.07) is 0.548. The van der Waals surface area contributed by atoms with Gasteiger partial charge in [0, 0.05) is 12.6 Å². The first kappa shape index (κ1) is 7.99. The van der Waals surface area contributed by atoms with Crippen LogP contribution in [0.4, 0.5) is 4.39 Å². The molecule has 1 aliphatic heterocycles. The van der Waals surface area contributed by atoms with Crippen molar-refractivity contribution in [2.75, 3.05) is 6.54 Å². The molecule has 0 amide bonds. The Kier molecular flexibility index (Phi) is 2.66. The van der Waals surface area contributed by atoms with Crippen molar-refractivity contribution in [3.63, 3.8) is 0 Å². The molecule has 10 heavy (non-hydrogen) atoms. The molecule has 0 aromatic rings. The van der Waals surface area contributed by atoms with E-state index in [0.29, 0.717) is 18.5 Å². The normalized spacial score (nSPS) is 34.8. The van der Waals surface area contributed by atoms with E-state index in [9.17, 15) is 4.39 Å². The van der Waals surface area contributed by atoms with Gasteiger partial charge in [0.25, 0.3) is 0 Å². The van der Waals surface area contributed by atoms with Crippen LogP contribution in [0, 0.1) is 5.92 Å². The quantitative estimate of drug-likeness (QED) is 0.592. The van der Waals surface area contributed by atoms with Gasteiger partial charge in [-0.05, 0) is 18.8 Å². The van der Waals surface area contributed by atoms with Crippen LogP contribution in [0.2, 0.25) is 0 Å². The Morgan fingerprint density at radius 3 is 2.50 bits per heavy atom. The van der Waals surface area contributed by atoms with Gasteiger partial charge in [-0.2, -0.15) is 0 Å². The van der Waals surface area contributed by atoms with Crippen LogP contribution in [0.5, 0.6) is 0 Å². The summed E-state index contributed by atoms with van der Waals surface area (Å²) in [5.41, 5.74) is 0. The maximum absolute atomic E-state index is 12.6. The average molecular weight is 145 g/mol. The highest BCUT2D eigenvalue weighted by Crippen LogP contribution is 2.16. The van der Waals surface area contributed by atoms with Crippen molar-refractivity contribution in [3.8, 4) is 0 Å². The van der Waals surface area contributed by atoms with Crippen LogP contribution in [0.1, 0.15) is 26.7 Å². The lowest BCUT2D eigenvalue weighted by Gasteiger charge is -2.28. The molecule has 2 unspecified atom stereocenters. The van der Waals surface area contributed by atoms with Crippen LogP contribution in [0.15, 0.2) is 0 Å². The van der Waals surface area contributed by atoms with E-state index in [0.717, 1.165) is 12.8 Å². The Labute approximate surface area is 62.0 Å². The van der Waals surface area contributed by atoms with Gasteiger partial charge in [0.05, 0.1) is 0 Å². The largest absolute Gasteiger partial charge is 0.311 e. The van der Waals surface area contributed by atoms with Crippen molar-refractivity contribution in [3.05, 3.63) is 0 Å². The summed E-state index contributed by atoms with van der Waals surface area (Å²) in [6.45, 7) is 4.91. The van der Waals surface area contributed by atoms with Crippen molar-refractivity contribution >= 4 is 0 Å². The molecular formula is C8H16FN. The Morgan fingerprint density at radius 1 is 1.40 bits per heavy atom. The molecule has 0 aromatic heterocycles. The van der Waals surface area contributed by atoms with Crippen LogP contribution < -0.4 is 5.32 Å². The minimum Gasteiger partial charge on any atom is -0.311 e. The average Bonchev–Trinajstić information content (AvgIpc) is 1.88. The molecule has 1 aliphatic rings. The van der Waals surface area contributed by atoms with Gasteiger partial charge < -0.3 is 5.32 Å². The summed E-state index contributed by atoms with van der Waals surface area (Å²) < 4.78 is 12.6. The second kappa shape index (κ2) is 3.33. The first-order valence-corrected chi connectivity index (χ1v) is 4.07. The molecule has 1 N–H and O–H groups in total. The lowest BCUT2D eigenvalue weighted by atomic mass is 9.94. The monoisotopic (exact) mass is 145 g/mol. The highest BCUT2D eigenvalue weighted by molar-refractivity contribution is 4.79. The van der Waals surface area contributed by atoms with E-state index in [1.165, 1.54) is 0 Å². The molecule has 1 rings (SSSR count). The maximum Gasteiger partial charge on any atom is 0.113 e. The van der Waals surface area contributed by atoms with Crippen molar-refractivity contribution in [1.82, 2.24) is 5.32 Å². The zero-order valence-corrected chi connectivity index (χ0v) is 6.73. The third kappa shape index (κ3) is 1.94. The standard InChI is InChI=1S/C8H16FN/c1-6(2)8-4-3-7(9)5-10-8/h6-8,10H,3-5H2,1-2H3. The van der Waals surface area contributed by atoms with Gasteiger partial charge >= 0.3 is 0 Å². The molecule has 1 nitrogen and oxygen atoms in total. The zero-order chi connectivity index (χ0) is 7.56. The van der Waals surface area contributed by atoms with Gasteiger partial charge in [-0.15, -0.1) is 0 Å². The lowest BCUT2D eigenvalue weighted by molar-refractivity contribution is 0.209. The van der Waals surface area contributed by atoms with E-state index in [2.05, 4.69) is 19.2 Å². The fourth-order valence-corrected chi connectivity index (χ4v) is 1.41. The SMILES string of the molecule is CC(C)C1CCC(F)CN1. The van der Waals surface area contributed by atoms with E-state index in [1.54, 1.807) is 0 Å². The van der Waals surface area contributed by atoms with Gasteiger partial charge in [-0.1, -0.05) is 13.8 Å². The highest BCUT2D eigenvalue weighted by atomic mass is 19.1. The van der Waals surface area contributed by atoms with Crippen molar-refractivity contribution in [1.29, 1.82) is 0 Å². The zero-order valence-electron chi connectivity index (χ0n) is 6.73. The lowest BCUT2D eigenvalue weighted by Crippen LogP contribution is -2.42. The molecule has 1 fully saturated rings. The number of piperidine rings is 1. The predicted molar refractivity (Wildman–Crippen MR) is 40.8 cm³/mol. The van der Waals surface area contributed by atoms with Crippen LogP contribution in [-0.4, -0.2) is 18.8 Å². The number of nitrogens with one attached hydrogen (secondary N) is 1. The van der Waals surface area contributed by atoms with Crippen molar-refractivity contribution in [2.24, 2.45) is 5.92 Å². The summed E-state index contributed by atoms with van der Waals surface area (Å²) in [7, 11) is 0. The minimum absolute atomic E-state index is 0.548. The third-order valence-corrected chi connectivity index (χ3v) is 2.20. The molecule has 1 saturated heterocycles. The molecule has 0 spiro atoms. The van der Waals surface area contributed by atoms with Gasteiger partial charge in [0.15, 0.2) is 0 Å². The molecule has 2 atom stereocenters. The Bertz CT molecular complexity index is 95.4. The van der Waals surface area contributed by atoms with Gasteiger partial charge in [-0.25, -0.2) is 4.39 Å². The van der Waals surface area contributed by atoms with Gasteiger partial charge in [-0.3, -0.25) is 0 Å². The third-order valence-electron chi connectivity index (χ3n) is 2.20. The molecule has 0 aliphatic carbocycles. The van der Waals surface area contributed by atoms with Crippen LogP contribution >= 0.6 is 0 Å². The van der Waals surface area contributed by atoms with Crippen molar-refractivity contribution < 1.29 is 4.39 Å². The fraction of sp³-hybridized carbons (Fsp3) is 1.00. The molecule has 0 bridgehead atoms. The topological polar surface area (TPSA) is 12.0 Å². The summed E-state index contributed by atoms with van der Waals surface area (Å²) in [6.07, 6.45) is 1.14. The summed E-state index contributed by atoms with van der Waals surface area (Å²) in [5, 5.41) is 3.19. The molecule has 1 heterocycles. The summed E-state index contributed by atoms with van der Waals surface area (Å²) in [5.74, 6) is 0.646. The van der Waals surface area contributed by atoms with Gasteiger partial charge in [0.1, 0.15) is 6.17 Å². The van der Waals surface area contributed by atoms with E-state index in [-0.39, 0.29) is 0 Å². The fourth-order valence-electron chi connectivity index (χ4n) is 1.41. The van der Waals surface area contributed by atoms with Crippen LogP contribution in [0.3, 0.4) is 0 Å². The van der Waals surface area contributed by atoms with E-state index in [1.807, 2.05) is 0 Å². The summed E-state index contributed by atoms with van der Waals surface area (Å²) in [4.78, 5) is 0. The molecule has 60 valence electrons. The maximum atomic E-state index is 12.6. The number of hydrogen-bond donors (Lipinski definition) is 1. The second-order valence-electron chi connectivity index (χ2n) is 3.43. The first-order valence-electron chi connectivity index (χ1n) is 4.07. The van der Waals surface area contributed by atoms with E-state index < -0.39 is 6.17 Å².